The molecule has 0 aromatic heterocycles. The van der Waals surface area contributed by atoms with Crippen molar-refractivity contribution in [2.24, 2.45) is 0 Å². The molecule has 2 heteroatoms. The van der Waals surface area contributed by atoms with Crippen LogP contribution in [0.4, 0.5) is 0 Å². The maximum atomic E-state index is 10.4. The first-order chi connectivity index (χ1) is 9.45. The van der Waals surface area contributed by atoms with Crippen molar-refractivity contribution in [3.63, 3.8) is 0 Å². The lowest BCUT2D eigenvalue weighted by molar-refractivity contribution is -0.135. The van der Waals surface area contributed by atoms with Crippen molar-refractivity contribution in [1.82, 2.24) is 0 Å². The van der Waals surface area contributed by atoms with E-state index in [0.29, 0.717) is 0 Å². The van der Waals surface area contributed by atoms with E-state index in [4.69, 9.17) is 5.11 Å². The Morgan fingerprint density at radius 3 is 2.25 bits per heavy atom. The van der Waals surface area contributed by atoms with Crippen molar-refractivity contribution in [3.8, 4) is 0 Å². The fourth-order valence-electron chi connectivity index (χ4n) is 1.71. The lowest BCUT2D eigenvalue weighted by Crippen LogP contribution is -1.89. The molecule has 0 aliphatic carbocycles. The topological polar surface area (TPSA) is 37.3 Å². The van der Waals surface area contributed by atoms with Gasteiger partial charge in [0, 0.05) is 0 Å². The summed E-state index contributed by atoms with van der Waals surface area (Å²) in [5.74, 6) is -0.809. The zero-order valence-corrected chi connectivity index (χ0v) is 13.3. The van der Waals surface area contributed by atoms with Crippen molar-refractivity contribution in [3.05, 3.63) is 40.7 Å². The van der Waals surface area contributed by atoms with Crippen molar-refractivity contribution in [2.45, 2.75) is 66.2 Å². The minimum absolute atomic E-state index is 0.0509. The van der Waals surface area contributed by atoms with Gasteiger partial charge in [0.1, 0.15) is 0 Å². The molecule has 0 fully saturated rings. The molecule has 0 amide bonds. The highest BCUT2D eigenvalue weighted by Crippen LogP contribution is 2.11. The Labute approximate surface area is 123 Å². The molecule has 0 saturated heterocycles. The second kappa shape index (κ2) is 11.3. The van der Waals surface area contributed by atoms with E-state index in [2.05, 4.69) is 38.7 Å². The standard InChI is InChI=1S/C18H28O2/c1-5-15(2)9-6-10-16(3)11-7-12-17(4)13-8-14-18(19)20/h8-9,11H,5-7,10,12,14H2,1-4H3,(H,19,20). The quantitative estimate of drug-likeness (QED) is 0.450. The third kappa shape index (κ3) is 11.6. The molecule has 0 saturated carbocycles. The molecule has 2 nitrogen and oxygen atoms in total. The molecule has 0 spiro atoms. The van der Waals surface area contributed by atoms with Crippen LogP contribution in [0, 0.1) is 0 Å². The number of carboxylic acid groups (broad SMARTS) is 1. The predicted octanol–water partition coefficient (Wildman–Crippen LogP) is 5.43. The fourth-order valence-corrected chi connectivity index (χ4v) is 1.71. The second-order valence-electron chi connectivity index (χ2n) is 5.26. The summed E-state index contributed by atoms with van der Waals surface area (Å²) in [5.41, 5.74) is 7.02. The number of hydrogen-bond acceptors (Lipinski definition) is 1. The first-order valence-corrected chi connectivity index (χ1v) is 7.39. The van der Waals surface area contributed by atoms with Crippen LogP contribution in [0.15, 0.2) is 40.7 Å². The maximum Gasteiger partial charge on any atom is 0.307 e. The Morgan fingerprint density at radius 1 is 1.05 bits per heavy atom. The molecular weight excluding hydrogens is 248 g/mol. The molecule has 0 aromatic carbocycles. The van der Waals surface area contributed by atoms with Gasteiger partial charge in [-0.05, 0) is 64.5 Å². The Morgan fingerprint density at radius 2 is 1.65 bits per heavy atom. The van der Waals surface area contributed by atoms with Gasteiger partial charge in [-0.1, -0.05) is 30.2 Å². The molecule has 0 aliphatic heterocycles. The summed E-state index contributed by atoms with van der Waals surface area (Å²) < 4.78 is 0. The SMILES string of the molecule is CCC(C)=CCCC(C)=CCCC(C)=C=CCC(=O)O. The molecule has 20 heavy (non-hydrogen) atoms. The summed E-state index contributed by atoms with van der Waals surface area (Å²) in [5, 5.41) is 8.52. The van der Waals surface area contributed by atoms with Gasteiger partial charge in [-0.25, -0.2) is 0 Å². The van der Waals surface area contributed by atoms with Crippen LogP contribution in [0.2, 0.25) is 0 Å². The molecule has 1 N–H and O–H groups in total. The first kappa shape index (κ1) is 18.5. The predicted molar refractivity (Wildman–Crippen MR) is 85.8 cm³/mol. The second-order valence-corrected chi connectivity index (χ2v) is 5.26. The van der Waals surface area contributed by atoms with Crippen LogP contribution in [-0.4, -0.2) is 11.1 Å². The molecule has 0 unspecified atom stereocenters. The number of rotatable bonds is 9. The van der Waals surface area contributed by atoms with Crippen LogP contribution in [0.25, 0.3) is 0 Å². The molecule has 0 bridgehead atoms. The number of carbonyl (C=O) groups is 1. The van der Waals surface area contributed by atoms with Gasteiger partial charge in [0.15, 0.2) is 0 Å². The van der Waals surface area contributed by atoms with Crippen molar-refractivity contribution >= 4 is 5.97 Å². The molecule has 0 heterocycles. The fraction of sp³-hybridized carbons (Fsp3) is 0.556. The third-order valence-electron chi connectivity index (χ3n) is 3.23. The highest BCUT2D eigenvalue weighted by Gasteiger charge is 1.92. The van der Waals surface area contributed by atoms with Gasteiger partial charge in [-0.2, -0.15) is 0 Å². The number of carboxylic acids is 1. The number of aliphatic carboxylic acids is 1. The van der Waals surface area contributed by atoms with E-state index in [-0.39, 0.29) is 6.42 Å². The summed E-state index contributed by atoms with van der Waals surface area (Å²) in [7, 11) is 0. The van der Waals surface area contributed by atoms with E-state index in [1.807, 2.05) is 6.92 Å². The molecule has 0 aliphatic rings. The molecule has 112 valence electrons. The van der Waals surface area contributed by atoms with Crippen molar-refractivity contribution in [1.29, 1.82) is 0 Å². The van der Waals surface area contributed by atoms with Crippen LogP contribution in [0.3, 0.4) is 0 Å². The normalized spacial score (nSPS) is 12.0. The molecule has 0 aromatic rings. The average Bonchev–Trinajstić information content (AvgIpc) is 2.38. The Balaban J connectivity index is 4.04. The summed E-state index contributed by atoms with van der Waals surface area (Å²) in [4.78, 5) is 10.4. The van der Waals surface area contributed by atoms with Gasteiger partial charge < -0.3 is 5.11 Å². The first-order valence-electron chi connectivity index (χ1n) is 7.39. The van der Waals surface area contributed by atoms with Crippen LogP contribution >= 0.6 is 0 Å². The Hall–Kier alpha value is -1.53. The van der Waals surface area contributed by atoms with Gasteiger partial charge in [0.25, 0.3) is 0 Å². The highest BCUT2D eigenvalue weighted by atomic mass is 16.4. The van der Waals surface area contributed by atoms with E-state index in [9.17, 15) is 4.79 Å². The summed E-state index contributed by atoms with van der Waals surface area (Å²) in [6.07, 6.45) is 11.6. The molecule has 0 radical (unpaired) electrons. The van der Waals surface area contributed by atoms with Gasteiger partial charge >= 0.3 is 5.97 Å². The monoisotopic (exact) mass is 276 g/mol. The van der Waals surface area contributed by atoms with Crippen LogP contribution in [0.5, 0.6) is 0 Å². The minimum Gasteiger partial charge on any atom is -0.481 e. The van der Waals surface area contributed by atoms with Crippen LogP contribution < -0.4 is 0 Å². The lowest BCUT2D eigenvalue weighted by atomic mass is 10.1. The number of hydrogen-bond donors (Lipinski definition) is 1. The molecule has 0 rings (SSSR count). The lowest BCUT2D eigenvalue weighted by Gasteiger charge is -2.00. The van der Waals surface area contributed by atoms with Gasteiger partial charge in [-0.3, -0.25) is 4.79 Å². The smallest absolute Gasteiger partial charge is 0.307 e. The zero-order chi connectivity index (χ0) is 15.4. The van der Waals surface area contributed by atoms with Crippen LogP contribution in [-0.2, 0) is 4.79 Å². The molecular formula is C18H28O2. The Kier molecular flexibility index (Phi) is 10.4. The van der Waals surface area contributed by atoms with Crippen molar-refractivity contribution in [2.75, 3.05) is 0 Å². The van der Waals surface area contributed by atoms with E-state index in [1.54, 1.807) is 6.08 Å². The molecule has 0 atom stereocenters. The van der Waals surface area contributed by atoms with E-state index >= 15 is 0 Å². The van der Waals surface area contributed by atoms with E-state index in [1.165, 1.54) is 11.1 Å². The third-order valence-corrected chi connectivity index (χ3v) is 3.23. The zero-order valence-electron chi connectivity index (χ0n) is 13.3. The van der Waals surface area contributed by atoms with Gasteiger partial charge in [0.05, 0.1) is 6.42 Å². The van der Waals surface area contributed by atoms with E-state index < -0.39 is 5.97 Å². The van der Waals surface area contributed by atoms with Crippen molar-refractivity contribution < 1.29 is 9.90 Å². The van der Waals surface area contributed by atoms with E-state index in [0.717, 1.165) is 37.7 Å². The van der Waals surface area contributed by atoms with Gasteiger partial charge in [-0.15, -0.1) is 5.73 Å². The largest absolute Gasteiger partial charge is 0.481 e. The minimum atomic E-state index is -0.809. The highest BCUT2D eigenvalue weighted by molar-refractivity contribution is 5.68. The van der Waals surface area contributed by atoms with Gasteiger partial charge in [0.2, 0.25) is 0 Å². The Bertz CT molecular complexity index is 419. The summed E-state index contributed by atoms with van der Waals surface area (Å²) in [6, 6.07) is 0. The maximum absolute atomic E-state index is 10.4. The van der Waals surface area contributed by atoms with Crippen LogP contribution in [0.1, 0.15) is 66.2 Å². The average molecular weight is 276 g/mol. The summed E-state index contributed by atoms with van der Waals surface area (Å²) in [6.45, 7) is 8.53. The summed E-state index contributed by atoms with van der Waals surface area (Å²) >= 11 is 0. The number of allylic oxidation sites excluding steroid dienone is 4.